The van der Waals surface area contributed by atoms with Crippen molar-refractivity contribution in [2.45, 2.75) is 52.0 Å². The number of thiophene rings is 1. The lowest BCUT2D eigenvalue weighted by Crippen LogP contribution is -2.41. The number of rotatable bonds is 6. The number of hydrogen-bond acceptors (Lipinski definition) is 5. The maximum absolute atomic E-state index is 13.7. The van der Waals surface area contributed by atoms with Gasteiger partial charge in [-0.1, -0.05) is 60.7 Å². The molecule has 0 atom stereocenters. The number of hydrogen-bond donors (Lipinski definition) is 0. The maximum atomic E-state index is 13.7. The predicted octanol–water partition coefficient (Wildman–Crippen LogP) is 4.20. The van der Waals surface area contributed by atoms with Gasteiger partial charge >= 0.3 is 5.69 Å². The number of fused-ring (bicyclic) bond motifs is 3. The van der Waals surface area contributed by atoms with Crippen LogP contribution < -0.4 is 11.2 Å². The van der Waals surface area contributed by atoms with Gasteiger partial charge in [0, 0.05) is 23.4 Å². The summed E-state index contributed by atoms with van der Waals surface area (Å²) in [5.74, 6) is -0.166. The molecule has 0 radical (unpaired) electrons. The van der Waals surface area contributed by atoms with Crippen molar-refractivity contribution in [1.29, 1.82) is 0 Å². The number of nitrogens with zero attached hydrogens (tertiary/aromatic N) is 2. The second kappa shape index (κ2) is 8.81. The minimum absolute atomic E-state index is 0.116. The highest BCUT2D eigenvalue weighted by molar-refractivity contribution is 7.18. The molecular formula is C27H26N2O4S. The lowest BCUT2D eigenvalue weighted by atomic mass is 9.94. The van der Waals surface area contributed by atoms with Crippen molar-refractivity contribution < 1.29 is 9.53 Å². The summed E-state index contributed by atoms with van der Waals surface area (Å²) in [6.45, 7) is 4.53. The molecule has 0 amide bonds. The van der Waals surface area contributed by atoms with Crippen molar-refractivity contribution in [2.24, 2.45) is 0 Å². The van der Waals surface area contributed by atoms with Crippen LogP contribution in [-0.2, 0) is 37.3 Å². The van der Waals surface area contributed by atoms with Crippen molar-refractivity contribution in [3.8, 4) is 0 Å². The molecule has 174 valence electrons. The third-order valence-electron chi connectivity index (χ3n) is 6.30. The molecule has 0 N–H and O–H groups in total. The van der Waals surface area contributed by atoms with E-state index in [2.05, 4.69) is 0 Å². The monoisotopic (exact) mass is 474 g/mol. The summed E-state index contributed by atoms with van der Waals surface area (Å²) in [6, 6.07) is 18.7. The fourth-order valence-electron chi connectivity index (χ4n) is 4.49. The van der Waals surface area contributed by atoms with Crippen molar-refractivity contribution >= 4 is 27.3 Å². The average Bonchev–Trinajstić information content (AvgIpc) is 3.20. The Balaban J connectivity index is 1.66. The van der Waals surface area contributed by atoms with Crippen LogP contribution in [0.1, 0.15) is 40.2 Å². The summed E-state index contributed by atoms with van der Waals surface area (Å²) in [5, 5.41) is 0.546. The molecule has 0 saturated heterocycles. The molecule has 0 unspecified atom stereocenters. The zero-order chi connectivity index (χ0) is 23.9. The second-order valence-corrected chi connectivity index (χ2v) is 10.3. The summed E-state index contributed by atoms with van der Waals surface area (Å²) in [7, 11) is 0. The molecule has 6 nitrogen and oxygen atoms in total. The molecule has 2 aromatic heterocycles. The van der Waals surface area contributed by atoms with E-state index < -0.39 is 11.3 Å². The predicted molar refractivity (Wildman–Crippen MR) is 134 cm³/mol. The van der Waals surface area contributed by atoms with Gasteiger partial charge < -0.3 is 4.74 Å². The lowest BCUT2D eigenvalue weighted by molar-refractivity contribution is -0.0379. The summed E-state index contributed by atoms with van der Waals surface area (Å²) in [6.07, 6.45) is 1.14. The van der Waals surface area contributed by atoms with Gasteiger partial charge in [-0.25, -0.2) is 4.79 Å². The van der Waals surface area contributed by atoms with E-state index in [9.17, 15) is 14.4 Å². The highest BCUT2D eigenvalue weighted by atomic mass is 32.1. The largest absolute Gasteiger partial charge is 0.370 e. The molecule has 3 heterocycles. The first kappa shape index (κ1) is 22.5. The van der Waals surface area contributed by atoms with Crippen LogP contribution in [0.15, 0.2) is 70.3 Å². The molecule has 0 spiro atoms. The molecule has 7 heteroatoms. The van der Waals surface area contributed by atoms with Gasteiger partial charge in [0.05, 0.1) is 24.1 Å². The second-order valence-electron chi connectivity index (χ2n) is 9.26. The summed E-state index contributed by atoms with van der Waals surface area (Å²) in [4.78, 5) is 41.8. The van der Waals surface area contributed by atoms with Gasteiger partial charge in [-0.3, -0.25) is 18.7 Å². The Morgan fingerprint density at radius 2 is 1.68 bits per heavy atom. The van der Waals surface area contributed by atoms with Gasteiger partial charge in [0.1, 0.15) is 4.83 Å². The minimum Gasteiger partial charge on any atom is -0.370 e. The van der Waals surface area contributed by atoms with E-state index in [0.29, 0.717) is 35.2 Å². The van der Waals surface area contributed by atoms with Gasteiger partial charge in [-0.05, 0) is 31.4 Å². The van der Waals surface area contributed by atoms with Gasteiger partial charge in [-0.15, -0.1) is 11.3 Å². The standard InChI is InChI=1S/C27H26N2O4S/c1-27(2)15-20-22(17-33-27)34-25-23(20)24(31)28(14-13-18-9-5-3-6-10-18)26(32)29(25)16-21(30)19-11-7-4-8-12-19/h3-12H,13-17H2,1-2H3. The van der Waals surface area contributed by atoms with Gasteiger partial charge in [0.2, 0.25) is 0 Å². The quantitative estimate of drug-likeness (QED) is 0.393. The van der Waals surface area contributed by atoms with Gasteiger partial charge in [0.15, 0.2) is 5.78 Å². The molecule has 34 heavy (non-hydrogen) atoms. The third-order valence-corrected chi connectivity index (χ3v) is 7.53. The molecule has 1 aliphatic rings. The summed E-state index contributed by atoms with van der Waals surface area (Å²) in [5.41, 5.74) is 1.39. The van der Waals surface area contributed by atoms with Crippen LogP contribution in [0.25, 0.3) is 10.2 Å². The number of benzene rings is 2. The lowest BCUT2D eigenvalue weighted by Gasteiger charge is -2.29. The SMILES string of the molecule is CC1(C)Cc2c(sc3c2c(=O)n(CCc2ccccc2)c(=O)n3CC(=O)c2ccccc2)CO1. The van der Waals surface area contributed by atoms with E-state index in [1.807, 2.05) is 50.2 Å². The van der Waals surface area contributed by atoms with Crippen molar-refractivity contribution in [3.05, 3.63) is 103 Å². The number of carbonyl (C=O) groups is 1. The van der Waals surface area contributed by atoms with Crippen LogP contribution >= 0.6 is 11.3 Å². The zero-order valence-electron chi connectivity index (χ0n) is 19.2. The van der Waals surface area contributed by atoms with E-state index in [1.165, 1.54) is 20.5 Å². The normalized spacial score (nSPS) is 14.8. The fraction of sp³-hybridized carbons (Fsp3) is 0.296. The number of Topliss-reactive ketones (excluding diaryl/α,β-unsaturated/α-hetero) is 1. The van der Waals surface area contributed by atoms with E-state index in [1.54, 1.807) is 24.3 Å². The van der Waals surface area contributed by atoms with Crippen LogP contribution in [0.2, 0.25) is 0 Å². The van der Waals surface area contributed by atoms with Crippen molar-refractivity contribution in [3.63, 3.8) is 0 Å². The first-order chi connectivity index (χ1) is 16.3. The highest BCUT2D eigenvalue weighted by Crippen LogP contribution is 2.37. The summed E-state index contributed by atoms with van der Waals surface area (Å²) < 4.78 is 8.74. The Kier molecular flexibility index (Phi) is 5.83. The first-order valence-electron chi connectivity index (χ1n) is 11.4. The van der Waals surface area contributed by atoms with E-state index in [-0.39, 0.29) is 24.4 Å². The Labute approximate surface area is 201 Å². The molecule has 5 rings (SSSR count). The van der Waals surface area contributed by atoms with E-state index in [4.69, 9.17) is 4.74 Å². The van der Waals surface area contributed by atoms with Crippen molar-refractivity contribution in [1.82, 2.24) is 9.13 Å². The number of carbonyl (C=O) groups excluding carboxylic acids is 1. The van der Waals surface area contributed by atoms with Crippen molar-refractivity contribution in [2.75, 3.05) is 0 Å². The number of ether oxygens (including phenoxy) is 1. The molecule has 0 bridgehead atoms. The van der Waals surface area contributed by atoms with Crippen LogP contribution in [-0.4, -0.2) is 20.5 Å². The smallest absolute Gasteiger partial charge is 0.332 e. The van der Waals surface area contributed by atoms with Crippen LogP contribution in [0.5, 0.6) is 0 Å². The molecular weight excluding hydrogens is 448 g/mol. The average molecular weight is 475 g/mol. The topological polar surface area (TPSA) is 70.3 Å². The zero-order valence-corrected chi connectivity index (χ0v) is 20.1. The fourth-order valence-corrected chi connectivity index (χ4v) is 5.70. The van der Waals surface area contributed by atoms with Gasteiger partial charge in [0.25, 0.3) is 5.56 Å². The van der Waals surface area contributed by atoms with E-state index >= 15 is 0 Å². The van der Waals surface area contributed by atoms with Gasteiger partial charge in [-0.2, -0.15) is 0 Å². The number of aromatic nitrogens is 2. The number of aryl methyl sites for hydroxylation is 1. The van der Waals surface area contributed by atoms with Crippen LogP contribution in [0.4, 0.5) is 0 Å². The molecule has 0 fully saturated rings. The number of ketones is 1. The molecule has 4 aromatic rings. The highest BCUT2D eigenvalue weighted by Gasteiger charge is 2.32. The molecule has 1 aliphatic heterocycles. The maximum Gasteiger partial charge on any atom is 0.332 e. The Bertz CT molecular complexity index is 1480. The minimum atomic E-state index is -0.448. The Morgan fingerprint density at radius 1 is 1.00 bits per heavy atom. The van der Waals surface area contributed by atoms with Crippen LogP contribution in [0, 0.1) is 0 Å². The Hall–Kier alpha value is -3.29. The summed E-state index contributed by atoms with van der Waals surface area (Å²) >= 11 is 1.39. The Morgan fingerprint density at radius 3 is 2.38 bits per heavy atom. The molecule has 0 saturated carbocycles. The van der Waals surface area contributed by atoms with Crippen LogP contribution in [0.3, 0.4) is 0 Å². The third kappa shape index (κ3) is 4.17. The van der Waals surface area contributed by atoms with E-state index in [0.717, 1.165) is 16.0 Å². The molecule has 0 aliphatic carbocycles. The molecule has 2 aromatic carbocycles. The first-order valence-corrected chi connectivity index (χ1v) is 12.2.